The first kappa shape index (κ1) is 15.1. The van der Waals surface area contributed by atoms with Crippen LogP contribution in [-0.2, 0) is 0 Å². The van der Waals surface area contributed by atoms with E-state index in [1.54, 1.807) is 0 Å². The Morgan fingerprint density at radius 3 is 2.86 bits per heavy atom. The minimum Gasteiger partial charge on any atom is -0.395 e. The smallest absolute Gasteiger partial charge is 0.127 e. The number of rotatable bonds is 1. The molecule has 2 N–H and O–H groups in total. The van der Waals surface area contributed by atoms with Crippen LogP contribution in [0.4, 0.5) is 4.39 Å². The first-order valence-corrected chi connectivity index (χ1v) is 9.15. The van der Waals surface area contributed by atoms with Crippen molar-refractivity contribution in [2.24, 2.45) is 28.6 Å². The van der Waals surface area contributed by atoms with Gasteiger partial charge in [-0.2, -0.15) is 0 Å². The van der Waals surface area contributed by atoms with Gasteiger partial charge in [0, 0.05) is 5.41 Å². The molecule has 22 heavy (non-hydrogen) atoms. The molecular formula is C19H29FO2. The van der Waals surface area contributed by atoms with E-state index in [0.717, 1.165) is 32.1 Å². The molecule has 0 heterocycles. The second-order valence-corrected chi connectivity index (χ2v) is 8.60. The average molecular weight is 308 g/mol. The summed E-state index contributed by atoms with van der Waals surface area (Å²) < 4.78 is 14.2. The van der Waals surface area contributed by atoms with Crippen LogP contribution in [0.1, 0.15) is 58.3 Å². The molecule has 0 aromatic rings. The van der Waals surface area contributed by atoms with Gasteiger partial charge in [-0.25, -0.2) is 4.39 Å². The highest BCUT2D eigenvalue weighted by Crippen LogP contribution is 2.65. The maximum Gasteiger partial charge on any atom is 0.127 e. The molecule has 4 aliphatic rings. The van der Waals surface area contributed by atoms with Crippen LogP contribution in [-0.4, -0.2) is 29.1 Å². The lowest BCUT2D eigenvalue weighted by atomic mass is 9.47. The van der Waals surface area contributed by atoms with Gasteiger partial charge < -0.3 is 10.2 Å². The zero-order valence-electron chi connectivity index (χ0n) is 13.6. The third-order valence-electron chi connectivity index (χ3n) is 7.96. The standard InChI is InChI=1S/C19H29FO2/c1-18-9-7-14-13(15(18)10-16(20)17(18)22)6-5-12-4-2-3-8-19(12,14)11-21/h5,13-17,21-22H,2-4,6-11H2,1H3/t13-,14+,15+,16-,17-,18+,19-/m1/s1. The summed E-state index contributed by atoms with van der Waals surface area (Å²) in [6, 6.07) is 0. The summed E-state index contributed by atoms with van der Waals surface area (Å²) in [7, 11) is 0. The van der Waals surface area contributed by atoms with Crippen molar-refractivity contribution in [1.82, 2.24) is 0 Å². The highest BCUT2D eigenvalue weighted by Gasteiger charge is 2.61. The molecule has 0 amide bonds. The summed E-state index contributed by atoms with van der Waals surface area (Å²) >= 11 is 0. The van der Waals surface area contributed by atoms with Crippen molar-refractivity contribution in [2.45, 2.75) is 70.6 Å². The predicted molar refractivity (Wildman–Crippen MR) is 84.0 cm³/mol. The SMILES string of the molecule is C[C@]12CC[C@H]3[C@@H](CC=C4CCCC[C@@]43CO)[C@@H]1C[C@@H](F)[C@H]2O. The van der Waals surface area contributed by atoms with Gasteiger partial charge in [-0.15, -0.1) is 0 Å². The third kappa shape index (κ3) is 1.78. The van der Waals surface area contributed by atoms with Crippen molar-refractivity contribution in [3.05, 3.63) is 11.6 Å². The molecule has 3 heteroatoms. The van der Waals surface area contributed by atoms with Gasteiger partial charge in [0.15, 0.2) is 0 Å². The Bertz CT molecular complexity index is 490. The molecule has 3 saturated carbocycles. The molecule has 7 atom stereocenters. The molecule has 2 nitrogen and oxygen atoms in total. The number of aliphatic hydroxyl groups excluding tert-OH is 2. The molecule has 0 unspecified atom stereocenters. The van der Waals surface area contributed by atoms with Gasteiger partial charge in [0.1, 0.15) is 6.17 Å². The van der Waals surface area contributed by atoms with Crippen molar-refractivity contribution in [2.75, 3.05) is 6.61 Å². The van der Waals surface area contributed by atoms with Gasteiger partial charge in [0.2, 0.25) is 0 Å². The van der Waals surface area contributed by atoms with Crippen molar-refractivity contribution in [1.29, 1.82) is 0 Å². The fourth-order valence-corrected chi connectivity index (χ4v) is 6.72. The summed E-state index contributed by atoms with van der Waals surface area (Å²) in [5.74, 6) is 1.22. The summed E-state index contributed by atoms with van der Waals surface area (Å²) in [6.07, 6.45) is 8.71. The van der Waals surface area contributed by atoms with Gasteiger partial charge >= 0.3 is 0 Å². The van der Waals surface area contributed by atoms with E-state index in [0.29, 0.717) is 18.3 Å². The van der Waals surface area contributed by atoms with Crippen LogP contribution in [0.5, 0.6) is 0 Å². The lowest BCUT2D eigenvalue weighted by Gasteiger charge is -2.57. The number of halogens is 1. The Labute approximate surface area is 132 Å². The molecule has 0 aliphatic heterocycles. The highest BCUT2D eigenvalue weighted by molar-refractivity contribution is 5.26. The molecular weight excluding hydrogens is 279 g/mol. The van der Waals surface area contributed by atoms with E-state index in [4.69, 9.17) is 0 Å². The summed E-state index contributed by atoms with van der Waals surface area (Å²) in [6.45, 7) is 2.36. The van der Waals surface area contributed by atoms with Crippen LogP contribution in [0.2, 0.25) is 0 Å². The minimum absolute atomic E-state index is 0.0259. The summed E-state index contributed by atoms with van der Waals surface area (Å²) in [5.41, 5.74) is 1.21. The highest BCUT2D eigenvalue weighted by atomic mass is 19.1. The molecule has 0 bridgehead atoms. The second kappa shape index (κ2) is 5.04. The molecule has 0 aromatic carbocycles. The molecule has 0 radical (unpaired) electrons. The van der Waals surface area contributed by atoms with Crippen LogP contribution < -0.4 is 0 Å². The topological polar surface area (TPSA) is 40.5 Å². The van der Waals surface area contributed by atoms with Gasteiger partial charge in [-0.05, 0) is 68.1 Å². The van der Waals surface area contributed by atoms with Crippen LogP contribution in [0.25, 0.3) is 0 Å². The Morgan fingerprint density at radius 1 is 1.27 bits per heavy atom. The molecule has 4 rings (SSSR count). The zero-order chi connectivity index (χ0) is 15.5. The van der Waals surface area contributed by atoms with E-state index < -0.39 is 12.3 Å². The Morgan fingerprint density at radius 2 is 2.09 bits per heavy atom. The van der Waals surface area contributed by atoms with Crippen LogP contribution >= 0.6 is 0 Å². The van der Waals surface area contributed by atoms with Crippen LogP contribution in [0, 0.1) is 28.6 Å². The van der Waals surface area contributed by atoms with Crippen molar-refractivity contribution < 1.29 is 14.6 Å². The number of allylic oxidation sites excluding steroid dienone is 1. The van der Waals surface area contributed by atoms with Gasteiger partial charge in [0.05, 0.1) is 12.7 Å². The van der Waals surface area contributed by atoms with Crippen molar-refractivity contribution >= 4 is 0 Å². The van der Waals surface area contributed by atoms with Gasteiger partial charge in [-0.3, -0.25) is 0 Å². The molecule has 0 saturated heterocycles. The average Bonchev–Trinajstić information content (AvgIpc) is 2.78. The molecule has 0 aromatic heterocycles. The Balaban J connectivity index is 1.71. The summed E-state index contributed by atoms with van der Waals surface area (Å²) in [4.78, 5) is 0. The first-order valence-electron chi connectivity index (χ1n) is 9.15. The van der Waals surface area contributed by atoms with Gasteiger partial charge in [-0.1, -0.05) is 25.0 Å². The lowest BCUT2D eigenvalue weighted by molar-refractivity contribution is -0.0865. The number of fused-ring (bicyclic) bond motifs is 5. The summed E-state index contributed by atoms with van der Waals surface area (Å²) in [5, 5.41) is 20.6. The molecule has 4 aliphatic carbocycles. The van der Waals surface area contributed by atoms with Crippen molar-refractivity contribution in [3.8, 4) is 0 Å². The predicted octanol–water partition coefficient (Wildman–Crippen LogP) is 3.62. The maximum atomic E-state index is 14.2. The third-order valence-corrected chi connectivity index (χ3v) is 7.96. The quantitative estimate of drug-likeness (QED) is 0.726. The van der Waals surface area contributed by atoms with Crippen LogP contribution in [0.15, 0.2) is 11.6 Å². The number of alkyl halides is 1. The van der Waals surface area contributed by atoms with E-state index in [2.05, 4.69) is 13.0 Å². The van der Waals surface area contributed by atoms with E-state index in [-0.39, 0.29) is 23.4 Å². The zero-order valence-corrected chi connectivity index (χ0v) is 13.6. The van der Waals surface area contributed by atoms with Gasteiger partial charge in [0.25, 0.3) is 0 Å². The normalized spacial score (nSPS) is 54.2. The fourth-order valence-electron chi connectivity index (χ4n) is 6.72. The number of aliphatic hydroxyl groups is 2. The monoisotopic (exact) mass is 308 g/mol. The number of hydrogen-bond donors (Lipinski definition) is 2. The van der Waals surface area contributed by atoms with Crippen LogP contribution in [0.3, 0.4) is 0 Å². The van der Waals surface area contributed by atoms with E-state index in [1.165, 1.54) is 18.4 Å². The van der Waals surface area contributed by atoms with E-state index >= 15 is 0 Å². The maximum absolute atomic E-state index is 14.2. The number of hydrogen-bond acceptors (Lipinski definition) is 2. The molecule has 0 spiro atoms. The van der Waals surface area contributed by atoms with E-state index in [9.17, 15) is 14.6 Å². The van der Waals surface area contributed by atoms with E-state index in [1.807, 2.05) is 0 Å². The Kier molecular flexibility index (Phi) is 3.47. The largest absolute Gasteiger partial charge is 0.395 e. The second-order valence-electron chi connectivity index (χ2n) is 8.60. The molecule has 3 fully saturated rings. The molecule has 124 valence electrons. The fraction of sp³-hybridized carbons (Fsp3) is 0.895. The minimum atomic E-state index is -1.06. The first-order chi connectivity index (χ1) is 10.5. The van der Waals surface area contributed by atoms with Crippen molar-refractivity contribution in [3.63, 3.8) is 0 Å². The Hall–Kier alpha value is -0.410. The lowest BCUT2D eigenvalue weighted by Crippen LogP contribution is -2.52.